The van der Waals surface area contributed by atoms with E-state index in [-0.39, 0.29) is 12.2 Å². The molecule has 15 heavy (non-hydrogen) atoms. The van der Waals surface area contributed by atoms with Crippen LogP contribution in [0, 0.1) is 11.3 Å². The predicted octanol–water partition coefficient (Wildman–Crippen LogP) is 0.148. The van der Waals surface area contributed by atoms with Gasteiger partial charge in [-0.25, -0.2) is 0 Å². The lowest BCUT2D eigenvalue weighted by atomic mass is 9.69. The molecule has 0 unspecified atom stereocenters. The zero-order chi connectivity index (χ0) is 11.2. The van der Waals surface area contributed by atoms with E-state index in [1.165, 1.54) is 19.1 Å². The largest absolute Gasteiger partial charge is 0.480 e. The van der Waals surface area contributed by atoms with Crippen LogP contribution in [0.15, 0.2) is 12.2 Å². The first-order chi connectivity index (χ1) is 6.97. The number of aliphatic carboxylic acids is 1. The lowest BCUT2D eigenvalue weighted by Crippen LogP contribution is -2.53. The molecule has 3 aliphatic rings. The van der Waals surface area contributed by atoms with Gasteiger partial charge in [-0.3, -0.25) is 14.4 Å². The van der Waals surface area contributed by atoms with Crippen molar-refractivity contribution in [3.63, 3.8) is 0 Å². The summed E-state index contributed by atoms with van der Waals surface area (Å²) in [7, 11) is 0. The maximum absolute atomic E-state index is 11.4. The number of hydrogen-bond donors (Lipinski definition) is 1. The van der Waals surface area contributed by atoms with Crippen LogP contribution in [-0.2, 0) is 19.1 Å². The van der Waals surface area contributed by atoms with Crippen LogP contribution in [0.4, 0.5) is 0 Å². The summed E-state index contributed by atoms with van der Waals surface area (Å²) in [6.07, 6.45) is 2.25. The molecule has 0 aromatic heterocycles. The summed E-state index contributed by atoms with van der Waals surface area (Å²) in [6.45, 7) is 1.38. The van der Waals surface area contributed by atoms with Gasteiger partial charge >= 0.3 is 11.9 Å². The molecule has 5 nitrogen and oxygen atoms in total. The molecule has 1 saturated heterocycles. The summed E-state index contributed by atoms with van der Waals surface area (Å²) in [4.78, 5) is 33.7. The van der Waals surface area contributed by atoms with Gasteiger partial charge in [-0.15, -0.1) is 0 Å². The fraction of sp³-hybridized carbons (Fsp3) is 0.500. The average molecular weight is 210 g/mol. The molecule has 0 saturated carbocycles. The van der Waals surface area contributed by atoms with Crippen LogP contribution in [0.1, 0.15) is 13.3 Å². The van der Waals surface area contributed by atoms with E-state index in [0.717, 1.165) is 0 Å². The molecule has 0 radical (unpaired) electrons. The van der Waals surface area contributed by atoms with Crippen LogP contribution >= 0.6 is 0 Å². The highest BCUT2D eigenvalue weighted by Gasteiger charge is 2.56. The third-order valence-corrected chi connectivity index (χ3v) is 3.02. The van der Waals surface area contributed by atoms with E-state index in [1.807, 2.05) is 0 Å². The third kappa shape index (κ3) is 1.19. The van der Waals surface area contributed by atoms with Gasteiger partial charge in [0.2, 0.25) is 0 Å². The molecule has 1 N–H and O–H groups in total. The first kappa shape index (κ1) is 9.89. The lowest BCUT2D eigenvalue weighted by molar-refractivity contribution is -0.181. The molecular formula is C10H10O5. The Morgan fingerprint density at radius 2 is 2.27 bits per heavy atom. The van der Waals surface area contributed by atoms with Gasteiger partial charge in [-0.2, -0.15) is 0 Å². The molecule has 1 fully saturated rings. The minimum atomic E-state index is -1.65. The number of esters is 1. The maximum atomic E-state index is 11.4. The van der Waals surface area contributed by atoms with Gasteiger partial charge in [0.25, 0.3) is 0 Å². The fourth-order valence-corrected chi connectivity index (χ4v) is 2.05. The van der Waals surface area contributed by atoms with E-state index >= 15 is 0 Å². The van der Waals surface area contributed by atoms with Crippen molar-refractivity contribution in [1.29, 1.82) is 0 Å². The Labute approximate surface area is 85.7 Å². The zero-order valence-corrected chi connectivity index (χ0v) is 8.10. The summed E-state index contributed by atoms with van der Waals surface area (Å²) in [5.74, 6) is -2.69. The summed E-state index contributed by atoms with van der Waals surface area (Å²) < 4.78 is 4.90. The number of Topliss-reactive ketones (excluding diaryl/α,β-unsaturated/α-hetero) is 1. The van der Waals surface area contributed by atoms with Gasteiger partial charge in [0.1, 0.15) is 11.9 Å². The number of rotatable bonds is 2. The Bertz CT molecular complexity index is 383. The van der Waals surface area contributed by atoms with E-state index < -0.39 is 29.4 Å². The molecule has 2 heterocycles. The van der Waals surface area contributed by atoms with Crippen molar-refractivity contribution < 1.29 is 24.2 Å². The van der Waals surface area contributed by atoms with E-state index in [4.69, 9.17) is 9.84 Å². The van der Waals surface area contributed by atoms with Crippen LogP contribution in [0.3, 0.4) is 0 Å². The van der Waals surface area contributed by atoms with Gasteiger partial charge in [0.15, 0.2) is 5.41 Å². The Hall–Kier alpha value is -1.65. The van der Waals surface area contributed by atoms with E-state index in [9.17, 15) is 14.4 Å². The maximum Gasteiger partial charge on any atom is 0.328 e. The lowest BCUT2D eigenvalue weighted by Gasteiger charge is -2.41. The van der Waals surface area contributed by atoms with Crippen molar-refractivity contribution in [2.45, 2.75) is 19.4 Å². The van der Waals surface area contributed by atoms with Crippen molar-refractivity contribution in [2.75, 3.05) is 0 Å². The molecule has 3 atom stereocenters. The average Bonchev–Trinajstić information content (AvgIpc) is 2.17. The Balaban J connectivity index is 2.43. The van der Waals surface area contributed by atoms with Gasteiger partial charge in [-0.1, -0.05) is 6.08 Å². The molecule has 0 amide bonds. The molecule has 80 valence electrons. The monoisotopic (exact) mass is 210 g/mol. The number of carbonyl (C=O) groups is 3. The summed E-state index contributed by atoms with van der Waals surface area (Å²) in [5.41, 5.74) is -1.65. The Kier molecular flexibility index (Phi) is 1.92. The number of carboxylic acids is 1. The Morgan fingerprint density at radius 3 is 2.73 bits per heavy atom. The number of hydrogen-bond acceptors (Lipinski definition) is 4. The third-order valence-electron chi connectivity index (χ3n) is 3.02. The number of carbonyl (C=O) groups excluding carboxylic acids is 2. The molecular weight excluding hydrogens is 200 g/mol. The molecule has 3 rings (SSSR count). The Morgan fingerprint density at radius 1 is 1.60 bits per heavy atom. The van der Waals surface area contributed by atoms with E-state index in [2.05, 4.69) is 0 Å². The molecule has 0 aromatic carbocycles. The smallest absolute Gasteiger partial charge is 0.328 e. The highest BCUT2D eigenvalue weighted by Crippen LogP contribution is 2.43. The topological polar surface area (TPSA) is 80.7 Å². The standard InChI is InChI=1S/C10H10O5/c1-5(11)6-4-10(8(12)13)3-2-7(6)15-9(10)14/h2-3,6-7H,4H2,1H3,(H,12,13)/t6-,7+,10-/m0/s1. The summed E-state index contributed by atoms with van der Waals surface area (Å²) in [6, 6.07) is 0. The minimum Gasteiger partial charge on any atom is -0.480 e. The molecule has 2 aliphatic heterocycles. The van der Waals surface area contributed by atoms with Gasteiger partial charge in [-0.05, 0) is 19.4 Å². The minimum absolute atomic E-state index is 0.0116. The van der Waals surface area contributed by atoms with Crippen LogP contribution in [0.25, 0.3) is 0 Å². The van der Waals surface area contributed by atoms with Crippen LogP contribution in [-0.4, -0.2) is 28.9 Å². The molecule has 1 aliphatic carbocycles. The van der Waals surface area contributed by atoms with Gasteiger partial charge < -0.3 is 9.84 Å². The summed E-state index contributed by atoms with van der Waals surface area (Å²) in [5, 5.41) is 9.02. The number of fused-ring (bicyclic) bond motifs is 2. The van der Waals surface area contributed by atoms with E-state index in [0.29, 0.717) is 0 Å². The first-order valence-corrected chi connectivity index (χ1v) is 4.61. The van der Waals surface area contributed by atoms with Crippen molar-refractivity contribution >= 4 is 17.7 Å². The fourth-order valence-electron chi connectivity index (χ4n) is 2.05. The number of ketones is 1. The highest BCUT2D eigenvalue weighted by atomic mass is 16.6. The molecule has 2 bridgehead atoms. The van der Waals surface area contributed by atoms with Crippen LogP contribution in [0.5, 0.6) is 0 Å². The van der Waals surface area contributed by atoms with Gasteiger partial charge in [0, 0.05) is 0 Å². The van der Waals surface area contributed by atoms with Crippen molar-refractivity contribution in [3.05, 3.63) is 12.2 Å². The summed E-state index contributed by atoms with van der Waals surface area (Å²) >= 11 is 0. The first-order valence-electron chi connectivity index (χ1n) is 4.61. The van der Waals surface area contributed by atoms with Crippen molar-refractivity contribution in [1.82, 2.24) is 0 Å². The van der Waals surface area contributed by atoms with Crippen molar-refractivity contribution in [2.24, 2.45) is 11.3 Å². The van der Waals surface area contributed by atoms with Gasteiger partial charge in [0.05, 0.1) is 5.92 Å². The molecule has 5 heteroatoms. The number of ether oxygens (including phenoxy) is 1. The second kappa shape index (κ2) is 2.92. The predicted molar refractivity (Wildman–Crippen MR) is 47.9 cm³/mol. The van der Waals surface area contributed by atoms with E-state index in [1.54, 1.807) is 0 Å². The second-order valence-corrected chi connectivity index (χ2v) is 3.93. The second-order valence-electron chi connectivity index (χ2n) is 3.93. The zero-order valence-electron chi connectivity index (χ0n) is 8.10. The van der Waals surface area contributed by atoms with Crippen molar-refractivity contribution in [3.8, 4) is 0 Å². The van der Waals surface area contributed by atoms with Crippen LogP contribution in [0.2, 0.25) is 0 Å². The highest BCUT2D eigenvalue weighted by molar-refractivity contribution is 6.04. The normalized spacial score (nSPS) is 37.5. The quantitative estimate of drug-likeness (QED) is 0.398. The number of carboxylic acid groups (broad SMARTS) is 1. The van der Waals surface area contributed by atoms with Crippen LogP contribution < -0.4 is 0 Å². The molecule has 0 spiro atoms. The SMILES string of the molecule is CC(=O)[C@@H]1C[C@]2(C(=O)O)C=C[C@H]1OC2=O. The molecule has 0 aromatic rings.